The van der Waals surface area contributed by atoms with Gasteiger partial charge in [0.2, 0.25) is 0 Å². The first kappa shape index (κ1) is 12.2. The SMILES string of the molecule is CCc1c(-c2cccnc2)cc(Cl)c2ccccc12. The van der Waals surface area contributed by atoms with Crippen molar-refractivity contribution < 1.29 is 0 Å². The second-order valence-corrected chi connectivity index (χ2v) is 4.93. The van der Waals surface area contributed by atoms with E-state index in [2.05, 4.69) is 42.2 Å². The maximum absolute atomic E-state index is 6.42. The highest BCUT2D eigenvalue weighted by Crippen LogP contribution is 2.35. The lowest BCUT2D eigenvalue weighted by Crippen LogP contribution is -1.91. The molecular formula is C17H14ClN. The van der Waals surface area contributed by atoms with Crippen LogP contribution < -0.4 is 0 Å². The Bertz CT molecular complexity index is 720. The smallest absolute Gasteiger partial charge is 0.0490 e. The van der Waals surface area contributed by atoms with Gasteiger partial charge in [-0.2, -0.15) is 0 Å². The van der Waals surface area contributed by atoms with E-state index in [-0.39, 0.29) is 0 Å². The lowest BCUT2D eigenvalue weighted by atomic mass is 9.93. The predicted molar refractivity (Wildman–Crippen MR) is 81.6 cm³/mol. The van der Waals surface area contributed by atoms with Crippen molar-refractivity contribution in [3.05, 3.63) is 65.4 Å². The molecule has 0 unspecified atom stereocenters. The topological polar surface area (TPSA) is 12.9 Å². The molecule has 0 bridgehead atoms. The van der Waals surface area contributed by atoms with Crippen LogP contribution in [0.2, 0.25) is 5.02 Å². The van der Waals surface area contributed by atoms with Crippen molar-refractivity contribution in [2.24, 2.45) is 0 Å². The van der Waals surface area contributed by atoms with Gasteiger partial charge in [-0.15, -0.1) is 0 Å². The van der Waals surface area contributed by atoms with Crippen LogP contribution in [0.5, 0.6) is 0 Å². The summed E-state index contributed by atoms with van der Waals surface area (Å²) >= 11 is 6.42. The average Bonchev–Trinajstić information content (AvgIpc) is 2.48. The van der Waals surface area contributed by atoms with E-state index in [4.69, 9.17) is 11.6 Å². The second-order valence-electron chi connectivity index (χ2n) is 4.53. The van der Waals surface area contributed by atoms with E-state index in [0.717, 1.165) is 22.4 Å². The number of pyridine rings is 1. The number of halogens is 1. The van der Waals surface area contributed by atoms with Crippen LogP contribution in [0.4, 0.5) is 0 Å². The average molecular weight is 268 g/mol. The number of hydrogen-bond acceptors (Lipinski definition) is 1. The van der Waals surface area contributed by atoms with E-state index in [1.165, 1.54) is 16.5 Å². The summed E-state index contributed by atoms with van der Waals surface area (Å²) in [7, 11) is 0. The van der Waals surface area contributed by atoms with Gasteiger partial charge in [-0.05, 0) is 35.1 Å². The summed E-state index contributed by atoms with van der Waals surface area (Å²) in [6, 6.07) is 14.4. The van der Waals surface area contributed by atoms with Gasteiger partial charge in [0.1, 0.15) is 0 Å². The predicted octanol–water partition coefficient (Wildman–Crippen LogP) is 5.12. The Balaban J connectivity index is 2.37. The van der Waals surface area contributed by atoms with Gasteiger partial charge in [0.25, 0.3) is 0 Å². The van der Waals surface area contributed by atoms with Gasteiger partial charge in [0, 0.05) is 28.4 Å². The standard InChI is InChI=1S/C17H14ClN/c1-2-13-14-7-3-4-8-15(14)17(18)10-16(13)12-6-5-9-19-11-12/h3-11H,2H2,1H3. The lowest BCUT2D eigenvalue weighted by molar-refractivity contribution is 1.16. The van der Waals surface area contributed by atoms with Gasteiger partial charge in [0.05, 0.1) is 0 Å². The number of hydrogen-bond donors (Lipinski definition) is 0. The monoisotopic (exact) mass is 267 g/mol. The van der Waals surface area contributed by atoms with Crippen LogP contribution >= 0.6 is 11.6 Å². The molecule has 0 atom stereocenters. The normalized spacial score (nSPS) is 10.8. The Hall–Kier alpha value is -1.86. The van der Waals surface area contributed by atoms with Crippen molar-refractivity contribution in [2.75, 3.05) is 0 Å². The van der Waals surface area contributed by atoms with Crippen LogP contribution in [0.3, 0.4) is 0 Å². The van der Waals surface area contributed by atoms with Crippen molar-refractivity contribution in [3.63, 3.8) is 0 Å². The van der Waals surface area contributed by atoms with Crippen LogP contribution in [-0.4, -0.2) is 4.98 Å². The molecule has 0 saturated carbocycles. The molecule has 94 valence electrons. The van der Waals surface area contributed by atoms with E-state index < -0.39 is 0 Å². The summed E-state index contributed by atoms with van der Waals surface area (Å²) in [6.45, 7) is 2.18. The highest BCUT2D eigenvalue weighted by atomic mass is 35.5. The molecular weight excluding hydrogens is 254 g/mol. The second kappa shape index (κ2) is 5.02. The van der Waals surface area contributed by atoms with Crippen molar-refractivity contribution in [1.82, 2.24) is 4.98 Å². The first-order valence-electron chi connectivity index (χ1n) is 6.41. The third-order valence-electron chi connectivity index (χ3n) is 3.43. The van der Waals surface area contributed by atoms with Crippen molar-refractivity contribution in [2.45, 2.75) is 13.3 Å². The Kier molecular flexibility index (Phi) is 3.22. The van der Waals surface area contributed by atoms with Crippen LogP contribution in [0.1, 0.15) is 12.5 Å². The minimum Gasteiger partial charge on any atom is -0.264 e. The summed E-state index contributed by atoms with van der Waals surface area (Å²) in [4.78, 5) is 4.20. The number of nitrogens with zero attached hydrogens (tertiary/aromatic N) is 1. The Morgan fingerprint density at radius 3 is 2.53 bits per heavy atom. The molecule has 0 aliphatic carbocycles. The van der Waals surface area contributed by atoms with Gasteiger partial charge in [0.15, 0.2) is 0 Å². The molecule has 0 amide bonds. The lowest BCUT2D eigenvalue weighted by Gasteiger charge is -2.13. The highest BCUT2D eigenvalue weighted by Gasteiger charge is 2.11. The molecule has 3 rings (SSSR count). The zero-order chi connectivity index (χ0) is 13.2. The zero-order valence-corrected chi connectivity index (χ0v) is 11.5. The van der Waals surface area contributed by atoms with Gasteiger partial charge < -0.3 is 0 Å². The van der Waals surface area contributed by atoms with Crippen LogP contribution in [0.25, 0.3) is 21.9 Å². The summed E-state index contributed by atoms with van der Waals surface area (Å²) in [5.74, 6) is 0. The van der Waals surface area contributed by atoms with Crippen LogP contribution in [-0.2, 0) is 6.42 Å². The molecule has 0 saturated heterocycles. The number of rotatable bonds is 2. The molecule has 1 heterocycles. The largest absolute Gasteiger partial charge is 0.264 e. The first-order chi connectivity index (χ1) is 9.31. The quantitative estimate of drug-likeness (QED) is 0.628. The molecule has 3 aromatic rings. The third kappa shape index (κ3) is 2.11. The zero-order valence-electron chi connectivity index (χ0n) is 10.7. The summed E-state index contributed by atoms with van der Waals surface area (Å²) in [6.07, 6.45) is 4.65. The minimum atomic E-state index is 0.798. The molecule has 0 spiro atoms. The summed E-state index contributed by atoms with van der Waals surface area (Å²) < 4.78 is 0. The molecule has 2 heteroatoms. The van der Waals surface area contributed by atoms with Crippen molar-refractivity contribution in [3.8, 4) is 11.1 Å². The van der Waals surface area contributed by atoms with Crippen molar-refractivity contribution >= 4 is 22.4 Å². The Morgan fingerprint density at radius 2 is 1.84 bits per heavy atom. The molecule has 1 nitrogen and oxygen atoms in total. The summed E-state index contributed by atoms with van der Waals surface area (Å²) in [5, 5.41) is 3.15. The maximum Gasteiger partial charge on any atom is 0.0490 e. The van der Waals surface area contributed by atoms with Crippen molar-refractivity contribution in [1.29, 1.82) is 0 Å². The molecule has 0 fully saturated rings. The number of fused-ring (bicyclic) bond motifs is 1. The fourth-order valence-electron chi connectivity index (χ4n) is 2.55. The molecule has 2 aromatic carbocycles. The fourth-order valence-corrected chi connectivity index (χ4v) is 2.83. The van der Waals surface area contributed by atoms with Gasteiger partial charge in [-0.25, -0.2) is 0 Å². The summed E-state index contributed by atoms with van der Waals surface area (Å²) in [5.41, 5.74) is 3.62. The highest BCUT2D eigenvalue weighted by molar-refractivity contribution is 6.36. The maximum atomic E-state index is 6.42. The van der Waals surface area contributed by atoms with Crippen LogP contribution in [0.15, 0.2) is 54.9 Å². The number of benzene rings is 2. The van der Waals surface area contributed by atoms with Crippen LogP contribution in [0, 0.1) is 0 Å². The molecule has 0 aliphatic rings. The van der Waals surface area contributed by atoms with E-state index in [1.54, 1.807) is 6.20 Å². The van der Waals surface area contributed by atoms with Gasteiger partial charge in [-0.1, -0.05) is 48.9 Å². The molecule has 0 N–H and O–H groups in total. The minimum absolute atomic E-state index is 0.798. The Labute approximate surface area is 117 Å². The first-order valence-corrected chi connectivity index (χ1v) is 6.79. The molecule has 19 heavy (non-hydrogen) atoms. The molecule has 0 radical (unpaired) electrons. The van der Waals surface area contributed by atoms with E-state index in [9.17, 15) is 0 Å². The molecule has 1 aromatic heterocycles. The van der Waals surface area contributed by atoms with Gasteiger partial charge >= 0.3 is 0 Å². The van der Waals surface area contributed by atoms with E-state index in [0.29, 0.717) is 0 Å². The van der Waals surface area contributed by atoms with E-state index in [1.807, 2.05) is 18.3 Å². The third-order valence-corrected chi connectivity index (χ3v) is 3.74. The Morgan fingerprint density at radius 1 is 1.05 bits per heavy atom. The van der Waals surface area contributed by atoms with E-state index >= 15 is 0 Å². The number of aryl methyl sites for hydroxylation is 1. The van der Waals surface area contributed by atoms with Gasteiger partial charge in [-0.3, -0.25) is 4.98 Å². The number of aromatic nitrogens is 1. The fraction of sp³-hybridized carbons (Fsp3) is 0.118. The molecule has 0 aliphatic heterocycles.